The Hall–Kier alpha value is -1.81. The summed E-state index contributed by atoms with van der Waals surface area (Å²) in [6.07, 6.45) is 1.71. The largest absolute Gasteiger partial charge is 0.497 e. The van der Waals surface area contributed by atoms with Gasteiger partial charge in [-0.15, -0.1) is 0 Å². The van der Waals surface area contributed by atoms with Gasteiger partial charge < -0.3 is 14.4 Å². The van der Waals surface area contributed by atoms with Gasteiger partial charge in [0.05, 0.1) is 32.4 Å². The predicted octanol–water partition coefficient (Wildman–Crippen LogP) is 2.73. The lowest BCUT2D eigenvalue weighted by Gasteiger charge is -2.38. The van der Waals surface area contributed by atoms with Crippen LogP contribution in [0, 0.1) is 0 Å². The molecular weight excluding hydrogens is 266 g/mol. The maximum atomic E-state index is 12.5. The van der Waals surface area contributed by atoms with Crippen molar-refractivity contribution in [3.8, 4) is 5.75 Å². The molecule has 114 valence electrons. The molecule has 0 saturated carbocycles. The second-order valence-corrected chi connectivity index (χ2v) is 5.54. The lowest BCUT2D eigenvalue weighted by molar-refractivity contribution is -0.138. The molecule has 1 saturated heterocycles. The second-order valence-electron chi connectivity index (χ2n) is 5.54. The van der Waals surface area contributed by atoms with Crippen LogP contribution in [0.5, 0.6) is 5.75 Å². The Balaban J connectivity index is 2.14. The van der Waals surface area contributed by atoms with Gasteiger partial charge in [0, 0.05) is 6.08 Å². The Morgan fingerprint density at radius 2 is 1.81 bits per heavy atom. The van der Waals surface area contributed by atoms with E-state index in [1.165, 1.54) is 0 Å². The van der Waals surface area contributed by atoms with Crippen molar-refractivity contribution < 1.29 is 14.3 Å². The van der Waals surface area contributed by atoms with Gasteiger partial charge in [0.15, 0.2) is 0 Å². The standard InChI is InChI=1S/C17H23NO3/c1-12(15-5-7-16(20-4)8-6-15)9-17(19)18-13(2)10-21-11-14(18)3/h5-9,13-14H,10-11H2,1-4H3/b12-9+. The molecule has 2 rings (SSSR count). The molecule has 0 bridgehead atoms. The van der Waals surface area contributed by atoms with Crippen molar-refractivity contribution in [3.05, 3.63) is 35.9 Å². The monoisotopic (exact) mass is 289 g/mol. The van der Waals surface area contributed by atoms with Crippen molar-refractivity contribution >= 4 is 11.5 Å². The molecule has 1 aliphatic rings. The number of amides is 1. The number of methoxy groups -OCH3 is 1. The van der Waals surface area contributed by atoms with E-state index >= 15 is 0 Å². The van der Waals surface area contributed by atoms with Crippen LogP contribution in [-0.2, 0) is 9.53 Å². The zero-order valence-electron chi connectivity index (χ0n) is 13.1. The van der Waals surface area contributed by atoms with Crippen molar-refractivity contribution in [1.29, 1.82) is 0 Å². The summed E-state index contributed by atoms with van der Waals surface area (Å²) in [6, 6.07) is 7.95. The summed E-state index contributed by atoms with van der Waals surface area (Å²) in [5, 5.41) is 0. The molecule has 0 aliphatic carbocycles. The third-order valence-electron chi connectivity index (χ3n) is 3.81. The molecule has 1 heterocycles. The number of ether oxygens (including phenoxy) is 2. The quantitative estimate of drug-likeness (QED) is 0.803. The van der Waals surface area contributed by atoms with Crippen LogP contribution in [-0.4, -0.2) is 43.2 Å². The minimum absolute atomic E-state index is 0.0478. The fourth-order valence-electron chi connectivity index (χ4n) is 2.64. The van der Waals surface area contributed by atoms with Crippen LogP contribution in [0.4, 0.5) is 0 Å². The first kappa shape index (κ1) is 15.6. The van der Waals surface area contributed by atoms with Crippen LogP contribution in [0.3, 0.4) is 0 Å². The van der Waals surface area contributed by atoms with Gasteiger partial charge in [0.1, 0.15) is 5.75 Å². The molecule has 4 nitrogen and oxygen atoms in total. The molecule has 2 atom stereocenters. The zero-order valence-corrected chi connectivity index (χ0v) is 13.1. The highest BCUT2D eigenvalue weighted by Crippen LogP contribution is 2.20. The summed E-state index contributed by atoms with van der Waals surface area (Å²) >= 11 is 0. The summed E-state index contributed by atoms with van der Waals surface area (Å²) in [5.74, 6) is 0.861. The summed E-state index contributed by atoms with van der Waals surface area (Å²) in [7, 11) is 1.64. The van der Waals surface area contributed by atoms with E-state index in [-0.39, 0.29) is 18.0 Å². The summed E-state index contributed by atoms with van der Waals surface area (Å²) in [6.45, 7) is 7.20. The van der Waals surface area contributed by atoms with E-state index < -0.39 is 0 Å². The zero-order chi connectivity index (χ0) is 15.4. The molecule has 4 heteroatoms. The first-order valence-corrected chi connectivity index (χ1v) is 7.25. The minimum Gasteiger partial charge on any atom is -0.497 e. The van der Waals surface area contributed by atoms with Gasteiger partial charge in [-0.25, -0.2) is 0 Å². The Bertz CT molecular complexity index is 511. The van der Waals surface area contributed by atoms with E-state index in [4.69, 9.17) is 9.47 Å². The van der Waals surface area contributed by atoms with Crippen molar-refractivity contribution in [2.75, 3.05) is 20.3 Å². The number of hydrogen-bond donors (Lipinski definition) is 0. The molecule has 1 amide bonds. The van der Waals surface area contributed by atoms with Crippen LogP contribution in [0.1, 0.15) is 26.3 Å². The summed E-state index contributed by atoms with van der Waals surface area (Å²) < 4.78 is 10.6. The smallest absolute Gasteiger partial charge is 0.247 e. The molecule has 2 unspecified atom stereocenters. The van der Waals surface area contributed by atoms with Gasteiger partial charge in [-0.2, -0.15) is 0 Å². The Kier molecular flexibility index (Phi) is 5.02. The van der Waals surface area contributed by atoms with Gasteiger partial charge in [0.25, 0.3) is 0 Å². The molecule has 1 fully saturated rings. The normalized spacial score (nSPS) is 23.0. The van der Waals surface area contributed by atoms with Gasteiger partial charge in [-0.3, -0.25) is 4.79 Å². The third kappa shape index (κ3) is 3.64. The van der Waals surface area contributed by atoms with E-state index in [0.717, 1.165) is 16.9 Å². The lowest BCUT2D eigenvalue weighted by Crippen LogP contribution is -2.52. The number of carbonyl (C=O) groups excluding carboxylic acids is 1. The van der Waals surface area contributed by atoms with Crippen molar-refractivity contribution in [2.45, 2.75) is 32.9 Å². The highest BCUT2D eigenvalue weighted by Gasteiger charge is 2.28. The maximum absolute atomic E-state index is 12.5. The van der Waals surface area contributed by atoms with E-state index in [2.05, 4.69) is 0 Å². The molecule has 0 radical (unpaired) electrons. The molecule has 1 aliphatic heterocycles. The highest BCUT2D eigenvalue weighted by molar-refractivity contribution is 5.95. The molecular formula is C17H23NO3. The maximum Gasteiger partial charge on any atom is 0.247 e. The molecule has 21 heavy (non-hydrogen) atoms. The predicted molar refractivity (Wildman–Crippen MR) is 83.2 cm³/mol. The molecule has 0 spiro atoms. The van der Waals surface area contributed by atoms with Crippen LogP contribution in [0.2, 0.25) is 0 Å². The number of nitrogens with zero attached hydrogens (tertiary/aromatic N) is 1. The van der Waals surface area contributed by atoms with Crippen molar-refractivity contribution in [1.82, 2.24) is 4.90 Å². The molecule has 0 N–H and O–H groups in total. The van der Waals surface area contributed by atoms with Crippen LogP contribution >= 0.6 is 0 Å². The van der Waals surface area contributed by atoms with Crippen molar-refractivity contribution in [3.63, 3.8) is 0 Å². The summed E-state index contributed by atoms with van der Waals surface area (Å²) in [4.78, 5) is 14.4. The van der Waals surface area contributed by atoms with E-state index in [1.54, 1.807) is 13.2 Å². The lowest BCUT2D eigenvalue weighted by atomic mass is 10.1. The average Bonchev–Trinajstić information content (AvgIpc) is 2.47. The number of hydrogen-bond acceptors (Lipinski definition) is 3. The SMILES string of the molecule is COc1ccc(/C(C)=C/C(=O)N2C(C)COCC2C)cc1. The highest BCUT2D eigenvalue weighted by atomic mass is 16.5. The second kappa shape index (κ2) is 6.76. The average molecular weight is 289 g/mol. The van der Waals surface area contributed by atoms with Crippen LogP contribution in [0.15, 0.2) is 30.3 Å². The van der Waals surface area contributed by atoms with E-state index in [9.17, 15) is 4.79 Å². The fourth-order valence-corrected chi connectivity index (χ4v) is 2.64. The number of allylic oxidation sites excluding steroid dienone is 1. The topological polar surface area (TPSA) is 38.8 Å². The molecule has 0 aromatic heterocycles. The Labute approximate surface area is 126 Å². The third-order valence-corrected chi connectivity index (χ3v) is 3.81. The van der Waals surface area contributed by atoms with Crippen molar-refractivity contribution in [2.24, 2.45) is 0 Å². The Morgan fingerprint density at radius 1 is 1.24 bits per heavy atom. The van der Waals surface area contributed by atoms with Gasteiger partial charge in [-0.05, 0) is 44.0 Å². The number of carbonyl (C=O) groups is 1. The summed E-state index contributed by atoms with van der Waals surface area (Å²) in [5.41, 5.74) is 1.98. The first-order chi connectivity index (χ1) is 10.0. The first-order valence-electron chi connectivity index (χ1n) is 7.25. The van der Waals surface area contributed by atoms with E-state index in [1.807, 2.05) is 49.9 Å². The minimum atomic E-state index is 0.0478. The van der Waals surface area contributed by atoms with Crippen LogP contribution in [0.25, 0.3) is 5.57 Å². The number of benzene rings is 1. The van der Waals surface area contributed by atoms with Gasteiger partial charge >= 0.3 is 0 Å². The van der Waals surface area contributed by atoms with Gasteiger partial charge in [-0.1, -0.05) is 12.1 Å². The molecule has 1 aromatic carbocycles. The fraction of sp³-hybridized carbons (Fsp3) is 0.471. The number of morpholine rings is 1. The Morgan fingerprint density at radius 3 is 2.33 bits per heavy atom. The molecule has 1 aromatic rings. The van der Waals surface area contributed by atoms with Crippen LogP contribution < -0.4 is 4.74 Å². The number of rotatable bonds is 3. The van der Waals surface area contributed by atoms with E-state index in [0.29, 0.717) is 13.2 Å². The van der Waals surface area contributed by atoms with Gasteiger partial charge in [0.2, 0.25) is 5.91 Å².